The SMILES string of the molecule is COc1ncnc(C)c1-c1ccc(C(=O)NCc2cnc3c(c2)CCC3)cc1. The molecule has 0 spiro atoms. The van der Waals surface area contributed by atoms with Crippen LogP contribution in [0.25, 0.3) is 11.1 Å². The van der Waals surface area contributed by atoms with Gasteiger partial charge < -0.3 is 10.1 Å². The number of carbonyl (C=O) groups is 1. The summed E-state index contributed by atoms with van der Waals surface area (Å²) in [6.07, 6.45) is 6.65. The highest BCUT2D eigenvalue weighted by atomic mass is 16.5. The van der Waals surface area contributed by atoms with Crippen LogP contribution in [0.3, 0.4) is 0 Å². The molecule has 142 valence electrons. The largest absolute Gasteiger partial charge is 0.480 e. The molecule has 0 aliphatic heterocycles. The highest BCUT2D eigenvalue weighted by molar-refractivity contribution is 5.94. The van der Waals surface area contributed by atoms with Gasteiger partial charge in [0.15, 0.2) is 0 Å². The fraction of sp³-hybridized carbons (Fsp3) is 0.273. The third-order valence-corrected chi connectivity index (χ3v) is 5.06. The number of methoxy groups -OCH3 is 1. The molecule has 0 saturated carbocycles. The predicted molar refractivity (Wildman–Crippen MR) is 106 cm³/mol. The number of carbonyl (C=O) groups excluding carboxylic acids is 1. The summed E-state index contributed by atoms with van der Waals surface area (Å²) in [5.74, 6) is 0.411. The van der Waals surface area contributed by atoms with E-state index in [1.807, 2.05) is 25.3 Å². The van der Waals surface area contributed by atoms with Crippen molar-refractivity contribution in [1.82, 2.24) is 20.3 Å². The normalized spacial score (nSPS) is 12.5. The Morgan fingerprint density at radius 2 is 1.96 bits per heavy atom. The van der Waals surface area contributed by atoms with Gasteiger partial charge in [0.1, 0.15) is 6.33 Å². The van der Waals surface area contributed by atoms with Crippen molar-refractivity contribution < 1.29 is 9.53 Å². The number of nitrogens with one attached hydrogen (secondary N) is 1. The second-order valence-electron chi connectivity index (χ2n) is 6.91. The fourth-order valence-corrected chi connectivity index (χ4v) is 3.58. The van der Waals surface area contributed by atoms with Gasteiger partial charge in [0.05, 0.1) is 18.4 Å². The zero-order valence-electron chi connectivity index (χ0n) is 16.0. The average molecular weight is 374 g/mol. The first kappa shape index (κ1) is 18.1. The lowest BCUT2D eigenvalue weighted by Crippen LogP contribution is -2.22. The van der Waals surface area contributed by atoms with Gasteiger partial charge >= 0.3 is 0 Å². The van der Waals surface area contributed by atoms with Gasteiger partial charge in [-0.05, 0) is 55.0 Å². The molecule has 1 aliphatic carbocycles. The molecule has 6 nitrogen and oxygen atoms in total. The molecular formula is C22H22N4O2. The number of hydrogen-bond donors (Lipinski definition) is 1. The summed E-state index contributed by atoms with van der Waals surface area (Å²) >= 11 is 0. The lowest BCUT2D eigenvalue weighted by Gasteiger charge is -2.11. The van der Waals surface area contributed by atoms with Crippen molar-refractivity contribution in [2.75, 3.05) is 7.11 Å². The van der Waals surface area contributed by atoms with Gasteiger partial charge in [0, 0.05) is 24.0 Å². The van der Waals surface area contributed by atoms with Crippen molar-refractivity contribution in [2.24, 2.45) is 0 Å². The molecule has 4 rings (SSSR count). The van der Waals surface area contributed by atoms with Crippen LogP contribution in [-0.2, 0) is 19.4 Å². The van der Waals surface area contributed by atoms with Gasteiger partial charge in [-0.3, -0.25) is 9.78 Å². The minimum Gasteiger partial charge on any atom is -0.480 e. The maximum absolute atomic E-state index is 12.5. The number of amides is 1. The zero-order valence-corrected chi connectivity index (χ0v) is 16.0. The summed E-state index contributed by atoms with van der Waals surface area (Å²) in [7, 11) is 1.58. The number of aryl methyl sites for hydroxylation is 3. The quantitative estimate of drug-likeness (QED) is 0.742. The van der Waals surface area contributed by atoms with Crippen LogP contribution >= 0.6 is 0 Å². The smallest absolute Gasteiger partial charge is 0.251 e. The molecule has 6 heteroatoms. The Balaban J connectivity index is 1.46. The van der Waals surface area contributed by atoms with Crippen molar-refractivity contribution in [3.8, 4) is 17.0 Å². The number of ether oxygens (including phenoxy) is 1. The molecule has 0 radical (unpaired) electrons. The second kappa shape index (κ2) is 7.76. The Kier molecular flexibility index (Phi) is 5.02. The van der Waals surface area contributed by atoms with Crippen LogP contribution < -0.4 is 10.1 Å². The molecule has 1 amide bonds. The summed E-state index contributed by atoms with van der Waals surface area (Å²) in [6, 6.07) is 9.54. The van der Waals surface area contributed by atoms with Crippen LogP contribution in [0.5, 0.6) is 5.88 Å². The van der Waals surface area contributed by atoms with E-state index in [9.17, 15) is 4.79 Å². The van der Waals surface area contributed by atoms with E-state index in [0.29, 0.717) is 18.0 Å². The standard InChI is InChI=1S/C22H22N4O2/c1-14-20(22(28-2)26-13-25-14)16-6-8-17(9-7-16)21(27)24-12-15-10-18-4-3-5-19(18)23-11-15/h6-11,13H,3-5,12H2,1-2H3,(H,24,27). The molecule has 28 heavy (non-hydrogen) atoms. The summed E-state index contributed by atoms with van der Waals surface area (Å²) in [6.45, 7) is 2.38. The van der Waals surface area contributed by atoms with Gasteiger partial charge in [-0.1, -0.05) is 18.2 Å². The number of hydrogen-bond acceptors (Lipinski definition) is 5. The number of nitrogens with zero attached hydrogens (tertiary/aromatic N) is 3. The van der Waals surface area contributed by atoms with E-state index in [1.165, 1.54) is 24.0 Å². The molecule has 1 aromatic carbocycles. The molecule has 0 atom stereocenters. The van der Waals surface area contributed by atoms with E-state index in [4.69, 9.17) is 4.74 Å². The monoisotopic (exact) mass is 374 g/mol. The molecule has 1 aliphatic rings. The zero-order chi connectivity index (χ0) is 19.5. The molecule has 1 N–H and O–H groups in total. The third-order valence-electron chi connectivity index (χ3n) is 5.06. The maximum Gasteiger partial charge on any atom is 0.251 e. The van der Waals surface area contributed by atoms with Gasteiger partial charge in [0.25, 0.3) is 5.91 Å². The molecule has 2 heterocycles. The number of pyridine rings is 1. The van der Waals surface area contributed by atoms with Gasteiger partial charge in [-0.15, -0.1) is 0 Å². The highest BCUT2D eigenvalue weighted by Gasteiger charge is 2.14. The van der Waals surface area contributed by atoms with Crippen LogP contribution in [-0.4, -0.2) is 28.0 Å². The first-order valence-electron chi connectivity index (χ1n) is 9.36. The van der Waals surface area contributed by atoms with Crippen LogP contribution in [0.1, 0.15) is 39.3 Å². The van der Waals surface area contributed by atoms with Crippen LogP contribution in [0, 0.1) is 6.92 Å². The molecule has 0 fully saturated rings. The first-order chi connectivity index (χ1) is 13.7. The van der Waals surface area contributed by atoms with Crippen molar-refractivity contribution >= 4 is 5.91 Å². The predicted octanol–water partition coefficient (Wildman–Crippen LogP) is 3.27. The highest BCUT2D eigenvalue weighted by Crippen LogP contribution is 2.30. The molecule has 0 saturated heterocycles. The molecule has 3 aromatic rings. The summed E-state index contributed by atoms with van der Waals surface area (Å²) in [4.78, 5) is 25.4. The summed E-state index contributed by atoms with van der Waals surface area (Å²) < 4.78 is 5.34. The Morgan fingerprint density at radius 1 is 1.14 bits per heavy atom. The van der Waals surface area contributed by atoms with Crippen molar-refractivity contribution in [3.63, 3.8) is 0 Å². The molecule has 0 unspecified atom stereocenters. The van der Waals surface area contributed by atoms with E-state index in [2.05, 4.69) is 26.3 Å². The first-order valence-corrected chi connectivity index (χ1v) is 9.36. The van der Waals surface area contributed by atoms with Crippen LogP contribution in [0.2, 0.25) is 0 Å². The summed E-state index contributed by atoms with van der Waals surface area (Å²) in [5.41, 5.74) is 6.72. The number of rotatable bonds is 5. The number of fused-ring (bicyclic) bond motifs is 1. The molecule has 0 bridgehead atoms. The van der Waals surface area contributed by atoms with E-state index in [-0.39, 0.29) is 5.91 Å². The van der Waals surface area contributed by atoms with Crippen molar-refractivity contribution in [2.45, 2.75) is 32.7 Å². The molecular weight excluding hydrogens is 352 g/mol. The Morgan fingerprint density at radius 3 is 2.75 bits per heavy atom. The van der Waals surface area contributed by atoms with Gasteiger partial charge in [-0.2, -0.15) is 0 Å². The van der Waals surface area contributed by atoms with E-state index in [0.717, 1.165) is 35.2 Å². The number of benzene rings is 1. The minimum absolute atomic E-state index is 0.111. The molecule has 2 aromatic heterocycles. The summed E-state index contributed by atoms with van der Waals surface area (Å²) in [5, 5.41) is 2.97. The van der Waals surface area contributed by atoms with Crippen molar-refractivity contribution in [3.05, 3.63) is 70.9 Å². The van der Waals surface area contributed by atoms with E-state index >= 15 is 0 Å². The maximum atomic E-state index is 12.5. The Hall–Kier alpha value is -3.28. The van der Waals surface area contributed by atoms with Gasteiger partial charge in [-0.25, -0.2) is 9.97 Å². The topological polar surface area (TPSA) is 77.0 Å². The van der Waals surface area contributed by atoms with E-state index in [1.54, 1.807) is 19.2 Å². The van der Waals surface area contributed by atoms with Gasteiger partial charge in [0.2, 0.25) is 5.88 Å². The Bertz CT molecular complexity index is 1020. The van der Waals surface area contributed by atoms with Crippen LogP contribution in [0.15, 0.2) is 42.9 Å². The third kappa shape index (κ3) is 3.58. The number of aromatic nitrogens is 3. The minimum atomic E-state index is -0.111. The fourth-order valence-electron chi connectivity index (χ4n) is 3.58. The van der Waals surface area contributed by atoms with Crippen LogP contribution in [0.4, 0.5) is 0 Å². The van der Waals surface area contributed by atoms with E-state index < -0.39 is 0 Å². The average Bonchev–Trinajstić information content (AvgIpc) is 3.20. The lowest BCUT2D eigenvalue weighted by molar-refractivity contribution is 0.0951. The second-order valence-corrected chi connectivity index (χ2v) is 6.91. The van der Waals surface area contributed by atoms with Crippen molar-refractivity contribution in [1.29, 1.82) is 0 Å². The Labute approximate surface area is 164 Å². The lowest BCUT2D eigenvalue weighted by atomic mass is 10.0.